The van der Waals surface area contributed by atoms with Crippen LogP contribution >= 0.6 is 11.3 Å². The predicted octanol–water partition coefficient (Wildman–Crippen LogP) is 1.94. The normalized spacial score (nSPS) is 19.3. The average Bonchev–Trinajstić information content (AvgIpc) is 3.15. The van der Waals surface area contributed by atoms with Crippen molar-refractivity contribution in [1.29, 1.82) is 0 Å². The van der Waals surface area contributed by atoms with Gasteiger partial charge in [-0.1, -0.05) is 6.07 Å². The lowest BCUT2D eigenvalue weighted by Gasteiger charge is -2.33. The average molecular weight is 372 g/mol. The second kappa shape index (κ2) is 6.96. The van der Waals surface area contributed by atoms with Crippen LogP contribution in [0.15, 0.2) is 22.3 Å². The topological polar surface area (TPSA) is 58.4 Å². The van der Waals surface area contributed by atoms with Crippen molar-refractivity contribution in [2.75, 3.05) is 27.2 Å². The van der Waals surface area contributed by atoms with E-state index in [0.29, 0.717) is 25.1 Å². The molecule has 2 aromatic rings. The van der Waals surface area contributed by atoms with Crippen molar-refractivity contribution in [1.82, 2.24) is 19.4 Å². The van der Waals surface area contributed by atoms with E-state index in [1.54, 1.807) is 4.90 Å². The van der Waals surface area contributed by atoms with Crippen molar-refractivity contribution >= 4 is 17.2 Å². The van der Waals surface area contributed by atoms with Crippen LogP contribution in [0.5, 0.6) is 0 Å². The van der Waals surface area contributed by atoms with Gasteiger partial charge < -0.3 is 9.80 Å². The molecule has 2 aromatic heterocycles. The van der Waals surface area contributed by atoms with E-state index < -0.39 is 0 Å². The van der Waals surface area contributed by atoms with Gasteiger partial charge in [0.05, 0.1) is 28.7 Å². The van der Waals surface area contributed by atoms with E-state index >= 15 is 0 Å². The van der Waals surface area contributed by atoms with Gasteiger partial charge >= 0.3 is 0 Å². The summed E-state index contributed by atoms with van der Waals surface area (Å²) in [5.74, 6) is 0.933. The molecule has 6 nitrogen and oxygen atoms in total. The van der Waals surface area contributed by atoms with Gasteiger partial charge in [0.2, 0.25) is 0 Å². The second-order valence-electron chi connectivity index (χ2n) is 7.39. The number of thiophene rings is 1. The highest BCUT2D eigenvalue weighted by atomic mass is 32.1. The third-order valence-electron chi connectivity index (χ3n) is 5.23. The van der Waals surface area contributed by atoms with Crippen LogP contribution in [0.4, 0.5) is 0 Å². The standard InChI is InChI=1S/C19H24N4O2S/c1-21(2)11-13-5-3-7-17-20-15-8-9-22(12-14(15)18(24)23(13)17)19(25)16-6-4-10-26-16/h4,6,10,13H,3,5,7-9,11-12H2,1-2H3/t13-/m0/s1. The molecule has 0 saturated heterocycles. The summed E-state index contributed by atoms with van der Waals surface area (Å²) in [7, 11) is 4.07. The van der Waals surface area contributed by atoms with Crippen LogP contribution in [0.1, 0.15) is 45.6 Å². The Morgan fingerprint density at radius 3 is 2.96 bits per heavy atom. The molecule has 0 spiro atoms. The molecule has 138 valence electrons. The molecule has 0 aromatic carbocycles. The molecule has 0 radical (unpaired) electrons. The van der Waals surface area contributed by atoms with Crippen molar-refractivity contribution in [3.05, 3.63) is 49.8 Å². The quantitative estimate of drug-likeness (QED) is 0.826. The van der Waals surface area contributed by atoms with Gasteiger partial charge in [-0.05, 0) is 38.4 Å². The monoisotopic (exact) mass is 372 g/mol. The van der Waals surface area contributed by atoms with Crippen LogP contribution in [0.3, 0.4) is 0 Å². The first-order valence-corrected chi connectivity index (χ1v) is 10.0. The Morgan fingerprint density at radius 1 is 1.38 bits per heavy atom. The zero-order valence-corrected chi connectivity index (χ0v) is 16.1. The molecule has 1 amide bonds. The molecule has 2 aliphatic heterocycles. The highest BCUT2D eigenvalue weighted by molar-refractivity contribution is 7.12. The van der Waals surface area contributed by atoms with Crippen molar-refractivity contribution in [2.24, 2.45) is 0 Å². The molecule has 0 aliphatic carbocycles. The van der Waals surface area contributed by atoms with Crippen molar-refractivity contribution in [2.45, 2.75) is 38.3 Å². The minimum Gasteiger partial charge on any atom is -0.333 e. The number of rotatable bonds is 3. The highest BCUT2D eigenvalue weighted by Crippen LogP contribution is 2.25. The minimum atomic E-state index is 0.0117. The Labute approximate surface area is 157 Å². The lowest BCUT2D eigenvalue weighted by atomic mass is 10.0. The van der Waals surface area contributed by atoms with Crippen LogP contribution < -0.4 is 5.56 Å². The molecule has 26 heavy (non-hydrogen) atoms. The number of carbonyl (C=O) groups is 1. The number of aromatic nitrogens is 2. The van der Waals surface area contributed by atoms with E-state index in [0.717, 1.165) is 42.2 Å². The fourth-order valence-electron chi connectivity index (χ4n) is 4.04. The Hall–Kier alpha value is -1.99. The summed E-state index contributed by atoms with van der Waals surface area (Å²) in [6.07, 6.45) is 3.61. The van der Waals surface area contributed by atoms with E-state index in [4.69, 9.17) is 4.98 Å². The van der Waals surface area contributed by atoms with E-state index in [1.165, 1.54) is 11.3 Å². The minimum absolute atomic E-state index is 0.0117. The molecule has 1 atom stereocenters. The summed E-state index contributed by atoms with van der Waals surface area (Å²) in [4.78, 5) is 35.4. The van der Waals surface area contributed by atoms with E-state index in [1.807, 2.05) is 36.2 Å². The maximum absolute atomic E-state index is 13.3. The number of amides is 1. The fraction of sp³-hybridized carbons (Fsp3) is 0.526. The van der Waals surface area contributed by atoms with Crippen LogP contribution in [0.25, 0.3) is 0 Å². The summed E-state index contributed by atoms with van der Waals surface area (Å²) in [6.45, 7) is 1.83. The highest BCUT2D eigenvalue weighted by Gasteiger charge is 2.30. The molecule has 0 bridgehead atoms. The first-order chi connectivity index (χ1) is 12.5. The van der Waals surface area contributed by atoms with E-state index in [2.05, 4.69) is 4.90 Å². The Kier molecular flexibility index (Phi) is 4.67. The molecule has 0 unspecified atom stereocenters. The number of aryl methyl sites for hydroxylation is 1. The molecule has 4 rings (SSSR count). The molecule has 0 fully saturated rings. The van der Waals surface area contributed by atoms with Crippen LogP contribution in [-0.2, 0) is 19.4 Å². The molecular formula is C19H24N4O2S. The van der Waals surface area contributed by atoms with E-state index in [9.17, 15) is 9.59 Å². The summed E-state index contributed by atoms with van der Waals surface area (Å²) in [6, 6.07) is 3.89. The predicted molar refractivity (Wildman–Crippen MR) is 102 cm³/mol. The van der Waals surface area contributed by atoms with Crippen LogP contribution in [0.2, 0.25) is 0 Å². The number of nitrogens with zero attached hydrogens (tertiary/aromatic N) is 4. The van der Waals surface area contributed by atoms with Gasteiger partial charge in [0.25, 0.3) is 11.5 Å². The van der Waals surface area contributed by atoms with Gasteiger partial charge in [0.15, 0.2) is 0 Å². The van der Waals surface area contributed by atoms with Gasteiger partial charge in [-0.15, -0.1) is 11.3 Å². The zero-order valence-electron chi connectivity index (χ0n) is 15.3. The third-order valence-corrected chi connectivity index (χ3v) is 6.09. The molecule has 4 heterocycles. The maximum Gasteiger partial charge on any atom is 0.264 e. The fourth-order valence-corrected chi connectivity index (χ4v) is 4.73. The Bertz CT molecular complexity index is 872. The molecule has 0 N–H and O–H groups in total. The largest absolute Gasteiger partial charge is 0.333 e. The molecule has 7 heteroatoms. The number of hydrogen-bond donors (Lipinski definition) is 0. The van der Waals surface area contributed by atoms with Crippen LogP contribution in [-0.4, -0.2) is 52.4 Å². The SMILES string of the molecule is CN(C)C[C@@H]1CCCc2nc3c(c(=O)n21)CN(C(=O)c1cccs1)CC3. The first kappa shape index (κ1) is 17.4. The molecular weight excluding hydrogens is 348 g/mol. The third kappa shape index (κ3) is 3.10. The first-order valence-electron chi connectivity index (χ1n) is 9.15. The van der Waals surface area contributed by atoms with Crippen LogP contribution in [0, 0.1) is 0 Å². The summed E-state index contributed by atoms with van der Waals surface area (Å²) >= 11 is 1.44. The van der Waals surface area contributed by atoms with Gasteiger partial charge in [0, 0.05) is 25.9 Å². The smallest absolute Gasteiger partial charge is 0.264 e. The summed E-state index contributed by atoms with van der Waals surface area (Å²) in [5.41, 5.74) is 1.65. The number of hydrogen-bond acceptors (Lipinski definition) is 5. The zero-order chi connectivity index (χ0) is 18.3. The van der Waals surface area contributed by atoms with Gasteiger partial charge in [-0.25, -0.2) is 4.98 Å². The van der Waals surface area contributed by atoms with Gasteiger partial charge in [-0.2, -0.15) is 0 Å². The molecule has 2 aliphatic rings. The summed E-state index contributed by atoms with van der Waals surface area (Å²) < 4.78 is 1.90. The van der Waals surface area contributed by atoms with Gasteiger partial charge in [0.1, 0.15) is 5.82 Å². The Balaban J connectivity index is 1.68. The van der Waals surface area contributed by atoms with Gasteiger partial charge in [-0.3, -0.25) is 14.2 Å². The van der Waals surface area contributed by atoms with Crippen molar-refractivity contribution in [3.63, 3.8) is 0 Å². The van der Waals surface area contributed by atoms with E-state index in [-0.39, 0.29) is 17.5 Å². The number of fused-ring (bicyclic) bond motifs is 2. The number of carbonyl (C=O) groups excluding carboxylic acids is 1. The number of likely N-dealkylation sites (N-methyl/N-ethyl adjacent to an activating group) is 1. The lowest BCUT2D eigenvalue weighted by molar-refractivity contribution is 0.0736. The maximum atomic E-state index is 13.3. The van der Waals surface area contributed by atoms with Crippen molar-refractivity contribution in [3.8, 4) is 0 Å². The van der Waals surface area contributed by atoms with Crippen molar-refractivity contribution < 1.29 is 4.79 Å². The second-order valence-corrected chi connectivity index (χ2v) is 8.34. The summed E-state index contributed by atoms with van der Waals surface area (Å²) in [5, 5.41) is 1.91. The lowest BCUT2D eigenvalue weighted by Crippen LogP contribution is -2.44. The Morgan fingerprint density at radius 2 is 2.23 bits per heavy atom. The molecule has 0 saturated carbocycles.